The lowest BCUT2D eigenvalue weighted by Gasteiger charge is -2.34. The van der Waals surface area contributed by atoms with Crippen LogP contribution in [-0.2, 0) is 4.79 Å². The monoisotopic (exact) mass is 240 g/mol. The zero-order valence-corrected chi connectivity index (χ0v) is 11.5. The molecule has 1 amide bonds. The van der Waals surface area contributed by atoms with Gasteiger partial charge in [-0.3, -0.25) is 4.79 Å². The van der Waals surface area contributed by atoms with E-state index in [1.807, 2.05) is 0 Å². The molecule has 1 saturated carbocycles. The molecule has 0 aromatic carbocycles. The number of carbonyl (C=O) groups is 1. The summed E-state index contributed by atoms with van der Waals surface area (Å²) >= 11 is 0. The van der Waals surface area contributed by atoms with Crippen molar-refractivity contribution in [2.45, 2.75) is 64.8 Å². The highest BCUT2D eigenvalue weighted by Crippen LogP contribution is 2.26. The maximum Gasteiger partial charge on any atom is 0.225 e. The predicted octanol–water partition coefficient (Wildman–Crippen LogP) is 2.54. The molecule has 0 aliphatic heterocycles. The van der Waals surface area contributed by atoms with Crippen LogP contribution in [0.15, 0.2) is 0 Å². The van der Waals surface area contributed by atoms with Crippen molar-refractivity contribution in [3.63, 3.8) is 0 Å². The van der Waals surface area contributed by atoms with E-state index in [1.165, 1.54) is 19.3 Å². The summed E-state index contributed by atoms with van der Waals surface area (Å²) in [4.78, 5) is 14.6. The molecule has 1 aliphatic carbocycles. The molecule has 1 fully saturated rings. The molecule has 0 unspecified atom stereocenters. The Labute approximate surface area is 106 Å². The van der Waals surface area contributed by atoms with Crippen LogP contribution in [0.5, 0.6) is 0 Å². The molecule has 3 heteroatoms. The molecule has 3 nitrogen and oxygen atoms in total. The summed E-state index contributed by atoms with van der Waals surface area (Å²) in [5.41, 5.74) is 5.65. The molecule has 0 aromatic heterocycles. The van der Waals surface area contributed by atoms with Gasteiger partial charge < -0.3 is 10.6 Å². The molecule has 0 atom stereocenters. The lowest BCUT2D eigenvalue weighted by molar-refractivity contribution is -0.139. The molecule has 0 radical (unpaired) electrons. The first-order valence-corrected chi connectivity index (χ1v) is 7.25. The second-order valence-corrected chi connectivity index (χ2v) is 5.13. The van der Waals surface area contributed by atoms with E-state index in [0.29, 0.717) is 18.5 Å². The number of nitrogens with two attached hydrogens (primary N) is 1. The molecule has 1 rings (SSSR count). The van der Waals surface area contributed by atoms with E-state index in [1.54, 1.807) is 0 Å². The SMILES string of the molecule is CCC(CC)N(CCN)C(=O)C1CCCCC1. The van der Waals surface area contributed by atoms with Crippen LogP contribution in [0.3, 0.4) is 0 Å². The molecule has 0 spiro atoms. The third-order valence-corrected chi connectivity index (χ3v) is 3.99. The summed E-state index contributed by atoms with van der Waals surface area (Å²) < 4.78 is 0. The van der Waals surface area contributed by atoms with Crippen molar-refractivity contribution in [2.24, 2.45) is 11.7 Å². The van der Waals surface area contributed by atoms with Gasteiger partial charge in [-0.05, 0) is 25.7 Å². The first-order valence-electron chi connectivity index (χ1n) is 7.25. The van der Waals surface area contributed by atoms with Gasteiger partial charge in [-0.25, -0.2) is 0 Å². The smallest absolute Gasteiger partial charge is 0.225 e. The molecule has 17 heavy (non-hydrogen) atoms. The second kappa shape index (κ2) is 7.70. The average molecular weight is 240 g/mol. The second-order valence-electron chi connectivity index (χ2n) is 5.13. The fourth-order valence-corrected chi connectivity index (χ4v) is 2.93. The number of hydrogen-bond acceptors (Lipinski definition) is 2. The topological polar surface area (TPSA) is 46.3 Å². The summed E-state index contributed by atoms with van der Waals surface area (Å²) in [5, 5.41) is 0. The number of amides is 1. The van der Waals surface area contributed by atoms with Crippen LogP contribution >= 0.6 is 0 Å². The fraction of sp³-hybridized carbons (Fsp3) is 0.929. The summed E-state index contributed by atoms with van der Waals surface area (Å²) in [6.45, 7) is 5.62. The molecule has 0 saturated heterocycles. The van der Waals surface area contributed by atoms with Crippen LogP contribution in [-0.4, -0.2) is 29.9 Å². The van der Waals surface area contributed by atoms with Gasteiger partial charge in [0, 0.05) is 25.0 Å². The highest BCUT2D eigenvalue weighted by molar-refractivity contribution is 5.79. The zero-order valence-electron chi connectivity index (χ0n) is 11.5. The van der Waals surface area contributed by atoms with Gasteiger partial charge in [-0.1, -0.05) is 33.1 Å². The third kappa shape index (κ3) is 3.98. The molecular weight excluding hydrogens is 212 g/mol. The van der Waals surface area contributed by atoms with Gasteiger partial charge >= 0.3 is 0 Å². The van der Waals surface area contributed by atoms with Crippen molar-refractivity contribution in [2.75, 3.05) is 13.1 Å². The van der Waals surface area contributed by atoms with Crippen LogP contribution in [0.25, 0.3) is 0 Å². The Morgan fingerprint density at radius 2 is 1.82 bits per heavy atom. The van der Waals surface area contributed by atoms with Gasteiger partial charge in [0.15, 0.2) is 0 Å². The largest absolute Gasteiger partial charge is 0.338 e. The van der Waals surface area contributed by atoms with Gasteiger partial charge in [0.25, 0.3) is 0 Å². The quantitative estimate of drug-likeness (QED) is 0.775. The van der Waals surface area contributed by atoms with Gasteiger partial charge in [-0.15, -0.1) is 0 Å². The van der Waals surface area contributed by atoms with Crippen LogP contribution in [0.1, 0.15) is 58.8 Å². The first-order chi connectivity index (χ1) is 8.24. The first kappa shape index (κ1) is 14.5. The summed E-state index contributed by atoms with van der Waals surface area (Å²) in [7, 11) is 0. The van der Waals surface area contributed by atoms with Crippen molar-refractivity contribution in [3.05, 3.63) is 0 Å². The van der Waals surface area contributed by atoms with Crippen LogP contribution < -0.4 is 5.73 Å². The lowest BCUT2D eigenvalue weighted by atomic mass is 9.87. The molecule has 2 N–H and O–H groups in total. The van der Waals surface area contributed by atoms with Gasteiger partial charge in [0.2, 0.25) is 5.91 Å². The Hall–Kier alpha value is -0.570. The summed E-state index contributed by atoms with van der Waals surface area (Å²) in [6.07, 6.45) is 7.97. The maximum absolute atomic E-state index is 12.5. The van der Waals surface area contributed by atoms with Crippen LogP contribution in [0.2, 0.25) is 0 Å². The Morgan fingerprint density at radius 3 is 2.29 bits per heavy atom. The molecular formula is C14H28N2O. The minimum Gasteiger partial charge on any atom is -0.338 e. The molecule has 0 aromatic rings. The third-order valence-electron chi connectivity index (χ3n) is 3.99. The molecule has 0 heterocycles. The zero-order chi connectivity index (χ0) is 12.7. The average Bonchev–Trinajstić information content (AvgIpc) is 2.39. The van der Waals surface area contributed by atoms with E-state index >= 15 is 0 Å². The van der Waals surface area contributed by atoms with E-state index in [0.717, 1.165) is 32.2 Å². The van der Waals surface area contributed by atoms with E-state index in [4.69, 9.17) is 5.73 Å². The molecule has 1 aliphatic rings. The number of nitrogens with zero attached hydrogens (tertiary/aromatic N) is 1. The molecule has 0 bridgehead atoms. The number of rotatable bonds is 6. The predicted molar refractivity (Wildman–Crippen MR) is 71.7 cm³/mol. The van der Waals surface area contributed by atoms with E-state index < -0.39 is 0 Å². The van der Waals surface area contributed by atoms with Gasteiger partial charge in [0.1, 0.15) is 0 Å². The van der Waals surface area contributed by atoms with Crippen molar-refractivity contribution < 1.29 is 4.79 Å². The Kier molecular flexibility index (Phi) is 6.56. The lowest BCUT2D eigenvalue weighted by Crippen LogP contribution is -2.46. The van der Waals surface area contributed by atoms with Crippen molar-refractivity contribution >= 4 is 5.91 Å². The highest BCUT2D eigenvalue weighted by Gasteiger charge is 2.28. The minimum atomic E-state index is 0.274. The van der Waals surface area contributed by atoms with Gasteiger partial charge in [-0.2, -0.15) is 0 Å². The molecule has 100 valence electrons. The van der Waals surface area contributed by atoms with Crippen molar-refractivity contribution in [1.29, 1.82) is 0 Å². The highest BCUT2D eigenvalue weighted by atomic mass is 16.2. The summed E-state index contributed by atoms with van der Waals surface area (Å²) in [5.74, 6) is 0.639. The Bertz CT molecular complexity index is 220. The van der Waals surface area contributed by atoms with Crippen LogP contribution in [0.4, 0.5) is 0 Å². The Balaban J connectivity index is 2.63. The fourth-order valence-electron chi connectivity index (χ4n) is 2.93. The Morgan fingerprint density at radius 1 is 1.24 bits per heavy atom. The summed E-state index contributed by atoms with van der Waals surface area (Å²) in [6, 6.07) is 0.382. The number of hydrogen-bond donors (Lipinski definition) is 1. The maximum atomic E-state index is 12.5. The normalized spacial score (nSPS) is 17.4. The van der Waals surface area contributed by atoms with E-state index in [9.17, 15) is 4.79 Å². The number of carbonyl (C=O) groups excluding carboxylic acids is 1. The minimum absolute atomic E-state index is 0.274. The standard InChI is InChI=1S/C14H28N2O/c1-3-13(4-2)16(11-10-15)14(17)12-8-6-5-7-9-12/h12-13H,3-11,15H2,1-2H3. The van der Waals surface area contributed by atoms with Gasteiger partial charge in [0.05, 0.1) is 0 Å². The van der Waals surface area contributed by atoms with Crippen LogP contribution in [0, 0.1) is 5.92 Å². The van der Waals surface area contributed by atoms with Crippen molar-refractivity contribution in [3.8, 4) is 0 Å². The van der Waals surface area contributed by atoms with E-state index in [2.05, 4.69) is 18.7 Å². The van der Waals surface area contributed by atoms with Crippen molar-refractivity contribution in [1.82, 2.24) is 4.90 Å². The van der Waals surface area contributed by atoms with E-state index in [-0.39, 0.29) is 5.92 Å².